The van der Waals surface area contributed by atoms with Crippen molar-refractivity contribution in [2.24, 2.45) is 0 Å². The zero-order valence-corrected chi connectivity index (χ0v) is 11.6. The first-order chi connectivity index (χ1) is 8.84. The lowest BCUT2D eigenvalue weighted by Crippen LogP contribution is -2.15. The summed E-state index contributed by atoms with van der Waals surface area (Å²) in [5.41, 5.74) is 0. The molecule has 0 saturated heterocycles. The molecule has 2 aromatic heterocycles. The second-order valence-corrected chi connectivity index (χ2v) is 5.67. The summed E-state index contributed by atoms with van der Waals surface area (Å²) in [5.74, 6) is 0.871. The number of furan rings is 1. The maximum absolute atomic E-state index is 5.85. The lowest BCUT2D eigenvalue weighted by molar-refractivity contribution is 0.104. The maximum atomic E-state index is 5.85. The lowest BCUT2D eigenvalue weighted by atomic mass is 10.4. The minimum atomic E-state index is 0.549. The van der Waals surface area contributed by atoms with Crippen LogP contribution in [-0.4, -0.2) is 13.2 Å². The molecule has 0 spiro atoms. The zero-order chi connectivity index (χ0) is 12.6. The third-order valence-electron chi connectivity index (χ3n) is 2.39. The molecule has 2 heterocycles. The summed E-state index contributed by atoms with van der Waals surface area (Å²) in [6, 6.07) is 7.76. The van der Waals surface area contributed by atoms with Gasteiger partial charge in [-0.05, 0) is 37.2 Å². The predicted octanol–water partition coefficient (Wildman–Crippen LogP) is 3.69. The van der Waals surface area contributed by atoms with Crippen LogP contribution in [0.5, 0.6) is 0 Å². The number of ether oxygens (including phenoxy) is 1. The molecule has 0 atom stereocenters. The minimum absolute atomic E-state index is 0.549. The van der Waals surface area contributed by atoms with Crippen molar-refractivity contribution in [3.05, 3.63) is 45.5 Å². The van der Waals surface area contributed by atoms with Crippen molar-refractivity contribution in [1.29, 1.82) is 0 Å². The molecule has 0 aliphatic heterocycles. The topological polar surface area (TPSA) is 34.4 Å². The van der Waals surface area contributed by atoms with Gasteiger partial charge >= 0.3 is 0 Å². The fourth-order valence-electron chi connectivity index (χ4n) is 1.53. The quantitative estimate of drug-likeness (QED) is 0.751. The second kappa shape index (κ2) is 7.59. The molecule has 0 aliphatic rings. The van der Waals surface area contributed by atoms with Gasteiger partial charge in [-0.3, -0.25) is 0 Å². The van der Waals surface area contributed by atoms with Gasteiger partial charge in [0.05, 0.1) is 10.6 Å². The Morgan fingerprint density at radius 1 is 1.33 bits per heavy atom. The van der Waals surface area contributed by atoms with Crippen LogP contribution in [-0.2, 0) is 17.9 Å². The van der Waals surface area contributed by atoms with E-state index in [1.54, 1.807) is 17.6 Å². The molecule has 98 valence electrons. The van der Waals surface area contributed by atoms with Gasteiger partial charge in [0, 0.05) is 18.0 Å². The normalized spacial score (nSPS) is 10.9. The Kier molecular flexibility index (Phi) is 5.74. The molecule has 0 unspecified atom stereocenters. The van der Waals surface area contributed by atoms with Gasteiger partial charge in [-0.2, -0.15) is 0 Å². The van der Waals surface area contributed by atoms with Gasteiger partial charge in [-0.25, -0.2) is 0 Å². The number of nitrogens with one attached hydrogen (secondary N) is 1. The van der Waals surface area contributed by atoms with Crippen LogP contribution in [0.3, 0.4) is 0 Å². The molecule has 1 N–H and O–H groups in total. The SMILES string of the molecule is Clc1ccc(CNCCCOCc2ccco2)s1. The summed E-state index contributed by atoms with van der Waals surface area (Å²) < 4.78 is 11.5. The van der Waals surface area contributed by atoms with Gasteiger partial charge in [0.1, 0.15) is 12.4 Å². The minimum Gasteiger partial charge on any atom is -0.467 e. The average Bonchev–Trinajstić information content (AvgIpc) is 3.00. The highest BCUT2D eigenvalue weighted by molar-refractivity contribution is 7.16. The van der Waals surface area contributed by atoms with Gasteiger partial charge in [0.25, 0.3) is 0 Å². The van der Waals surface area contributed by atoms with Crippen molar-refractivity contribution in [2.45, 2.75) is 19.6 Å². The largest absolute Gasteiger partial charge is 0.467 e. The number of hydrogen-bond donors (Lipinski definition) is 1. The van der Waals surface area contributed by atoms with Crippen LogP contribution in [0.15, 0.2) is 34.9 Å². The smallest absolute Gasteiger partial charge is 0.129 e. The van der Waals surface area contributed by atoms with Crippen molar-refractivity contribution in [3.8, 4) is 0 Å². The fraction of sp³-hybridized carbons (Fsp3) is 0.385. The highest BCUT2D eigenvalue weighted by Gasteiger charge is 1.98. The number of halogens is 1. The van der Waals surface area contributed by atoms with Gasteiger partial charge in [-0.15, -0.1) is 11.3 Å². The van der Waals surface area contributed by atoms with Crippen LogP contribution in [0, 0.1) is 0 Å². The Hall–Kier alpha value is -0.810. The summed E-state index contributed by atoms with van der Waals surface area (Å²) in [4.78, 5) is 1.26. The second-order valence-electron chi connectivity index (χ2n) is 3.87. The molecular formula is C13H16ClNO2S. The van der Waals surface area contributed by atoms with Gasteiger partial charge in [0.15, 0.2) is 0 Å². The molecular weight excluding hydrogens is 270 g/mol. The molecule has 0 aromatic carbocycles. The molecule has 2 rings (SSSR count). The summed E-state index contributed by atoms with van der Waals surface area (Å²) in [5, 5.41) is 3.36. The van der Waals surface area contributed by atoms with E-state index in [1.165, 1.54) is 4.88 Å². The van der Waals surface area contributed by atoms with E-state index in [-0.39, 0.29) is 0 Å². The van der Waals surface area contributed by atoms with Crippen LogP contribution >= 0.6 is 22.9 Å². The van der Waals surface area contributed by atoms with E-state index in [0.29, 0.717) is 6.61 Å². The first-order valence-electron chi connectivity index (χ1n) is 5.89. The number of thiophene rings is 1. The van der Waals surface area contributed by atoms with E-state index in [1.807, 2.05) is 24.3 Å². The molecule has 5 heteroatoms. The van der Waals surface area contributed by atoms with Crippen LogP contribution in [0.2, 0.25) is 4.34 Å². The van der Waals surface area contributed by atoms with E-state index >= 15 is 0 Å². The first-order valence-corrected chi connectivity index (χ1v) is 7.09. The van der Waals surface area contributed by atoms with Gasteiger partial charge in [-0.1, -0.05) is 11.6 Å². The van der Waals surface area contributed by atoms with Crippen LogP contribution < -0.4 is 5.32 Å². The summed E-state index contributed by atoms with van der Waals surface area (Å²) in [6.45, 7) is 3.09. The third kappa shape index (κ3) is 4.82. The van der Waals surface area contributed by atoms with E-state index < -0.39 is 0 Å². The molecule has 18 heavy (non-hydrogen) atoms. The Morgan fingerprint density at radius 3 is 3.00 bits per heavy atom. The first kappa shape index (κ1) is 13.6. The highest BCUT2D eigenvalue weighted by Crippen LogP contribution is 2.20. The van der Waals surface area contributed by atoms with Crippen molar-refractivity contribution in [1.82, 2.24) is 5.32 Å². The summed E-state index contributed by atoms with van der Waals surface area (Å²) in [7, 11) is 0. The van der Waals surface area contributed by atoms with E-state index in [2.05, 4.69) is 5.32 Å². The number of rotatable bonds is 8. The Balaban J connectivity index is 1.46. The van der Waals surface area contributed by atoms with Gasteiger partial charge < -0.3 is 14.5 Å². The Labute approximate surface area is 116 Å². The van der Waals surface area contributed by atoms with Crippen LogP contribution in [0.4, 0.5) is 0 Å². The molecule has 3 nitrogen and oxygen atoms in total. The van der Waals surface area contributed by atoms with Crippen molar-refractivity contribution in [2.75, 3.05) is 13.2 Å². The van der Waals surface area contributed by atoms with Crippen molar-refractivity contribution < 1.29 is 9.15 Å². The molecule has 2 aromatic rings. The molecule has 0 bridgehead atoms. The Morgan fingerprint density at radius 2 is 2.28 bits per heavy atom. The number of hydrogen-bond acceptors (Lipinski definition) is 4. The maximum Gasteiger partial charge on any atom is 0.129 e. The predicted molar refractivity (Wildman–Crippen MR) is 74.0 cm³/mol. The molecule has 0 saturated carbocycles. The van der Waals surface area contributed by atoms with Crippen molar-refractivity contribution >= 4 is 22.9 Å². The van der Waals surface area contributed by atoms with Crippen LogP contribution in [0.1, 0.15) is 17.1 Å². The molecule has 0 aliphatic carbocycles. The van der Waals surface area contributed by atoms with E-state index in [0.717, 1.165) is 36.2 Å². The monoisotopic (exact) mass is 285 g/mol. The van der Waals surface area contributed by atoms with Crippen molar-refractivity contribution in [3.63, 3.8) is 0 Å². The standard InChI is InChI=1S/C13H16ClNO2S/c14-13-5-4-12(18-13)9-15-6-2-7-16-10-11-3-1-8-17-11/h1,3-5,8,15H,2,6-7,9-10H2. The summed E-state index contributed by atoms with van der Waals surface area (Å²) >= 11 is 7.47. The summed E-state index contributed by atoms with van der Waals surface area (Å²) in [6.07, 6.45) is 2.65. The van der Waals surface area contributed by atoms with E-state index in [9.17, 15) is 0 Å². The molecule has 0 amide bonds. The third-order valence-corrected chi connectivity index (χ3v) is 3.63. The lowest BCUT2D eigenvalue weighted by Gasteiger charge is -2.04. The van der Waals surface area contributed by atoms with Gasteiger partial charge in [0.2, 0.25) is 0 Å². The van der Waals surface area contributed by atoms with E-state index in [4.69, 9.17) is 20.8 Å². The Bertz CT molecular complexity index is 442. The molecule has 0 fully saturated rings. The highest BCUT2D eigenvalue weighted by atomic mass is 35.5. The van der Waals surface area contributed by atoms with Crippen LogP contribution in [0.25, 0.3) is 0 Å². The zero-order valence-electron chi connectivity index (χ0n) is 10.0. The molecule has 0 radical (unpaired) electrons. The fourth-order valence-corrected chi connectivity index (χ4v) is 2.58. The average molecular weight is 286 g/mol.